The number of nitrogens with one attached hydrogen (secondary N) is 1. The van der Waals surface area contributed by atoms with E-state index in [1.54, 1.807) is 24.3 Å². The molecule has 0 bridgehead atoms. The number of hydrogen-bond donors (Lipinski definition) is 1. The number of unbranched alkanes of at least 4 members (excludes halogenated alkanes) is 1. The van der Waals surface area contributed by atoms with Crippen LogP contribution in [0.5, 0.6) is 5.75 Å². The summed E-state index contributed by atoms with van der Waals surface area (Å²) in [5.41, 5.74) is 1.64. The minimum Gasteiger partial charge on any atom is -0.497 e. The van der Waals surface area contributed by atoms with E-state index in [0.29, 0.717) is 30.9 Å². The van der Waals surface area contributed by atoms with Gasteiger partial charge in [0.25, 0.3) is 0 Å². The Morgan fingerprint density at radius 1 is 1.10 bits per heavy atom. The van der Waals surface area contributed by atoms with Crippen molar-refractivity contribution >= 4 is 21.9 Å². The van der Waals surface area contributed by atoms with E-state index in [2.05, 4.69) is 16.9 Å². The predicted octanol–water partition coefficient (Wildman–Crippen LogP) is 3.77. The molecule has 2 aromatic carbocycles. The van der Waals surface area contributed by atoms with Crippen LogP contribution >= 0.6 is 0 Å². The third-order valence-electron chi connectivity index (χ3n) is 5.30. The molecule has 0 saturated carbocycles. The molecule has 2 aromatic rings. The molecule has 0 aromatic heterocycles. The second kappa shape index (κ2) is 11.2. The van der Waals surface area contributed by atoms with Gasteiger partial charge in [-0.05, 0) is 56.2 Å². The summed E-state index contributed by atoms with van der Waals surface area (Å²) in [7, 11) is -2.38. The van der Waals surface area contributed by atoms with Crippen molar-refractivity contribution in [2.24, 2.45) is 0 Å². The minimum atomic E-state index is -3.90. The number of esters is 1. The van der Waals surface area contributed by atoms with Gasteiger partial charge >= 0.3 is 16.2 Å². The zero-order valence-electron chi connectivity index (χ0n) is 17.8. The van der Waals surface area contributed by atoms with Gasteiger partial charge in [0, 0.05) is 12.6 Å². The molecule has 0 spiro atoms. The number of hydrogen-bond acceptors (Lipinski definition) is 5. The summed E-state index contributed by atoms with van der Waals surface area (Å²) in [4.78, 5) is 12.7. The summed E-state index contributed by atoms with van der Waals surface area (Å²) >= 11 is 0. The molecule has 1 aliphatic rings. The summed E-state index contributed by atoms with van der Waals surface area (Å²) < 4.78 is 40.3. The minimum absolute atomic E-state index is 0.285. The lowest BCUT2D eigenvalue weighted by molar-refractivity contribution is -0.149. The molecule has 0 radical (unpaired) electrons. The van der Waals surface area contributed by atoms with Crippen LogP contribution in [0.15, 0.2) is 54.6 Å². The van der Waals surface area contributed by atoms with Gasteiger partial charge in [-0.2, -0.15) is 12.7 Å². The highest BCUT2D eigenvalue weighted by molar-refractivity contribution is 7.90. The van der Waals surface area contributed by atoms with Crippen molar-refractivity contribution < 1.29 is 22.7 Å². The Hall–Kier alpha value is -2.58. The Kier molecular flexibility index (Phi) is 8.31. The topological polar surface area (TPSA) is 84.9 Å². The number of benzene rings is 2. The number of piperidine rings is 1. The van der Waals surface area contributed by atoms with Crippen LogP contribution in [0.25, 0.3) is 0 Å². The highest BCUT2D eigenvalue weighted by Crippen LogP contribution is 2.24. The van der Waals surface area contributed by atoms with Crippen molar-refractivity contribution in [3.63, 3.8) is 0 Å². The van der Waals surface area contributed by atoms with E-state index < -0.39 is 22.2 Å². The molecule has 1 aliphatic heterocycles. The van der Waals surface area contributed by atoms with Crippen LogP contribution in [0.3, 0.4) is 0 Å². The lowest BCUT2D eigenvalue weighted by Crippen LogP contribution is -2.50. The zero-order valence-corrected chi connectivity index (χ0v) is 18.6. The van der Waals surface area contributed by atoms with Crippen molar-refractivity contribution in [3.05, 3.63) is 60.2 Å². The Bertz CT molecular complexity index is 949. The van der Waals surface area contributed by atoms with Gasteiger partial charge in [0.15, 0.2) is 0 Å². The fourth-order valence-corrected chi connectivity index (χ4v) is 5.11. The molecule has 8 heteroatoms. The van der Waals surface area contributed by atoms with Gasteiger partial charge in [-0.3, -0.25) is 9.52 Å². The van der Waals surface area contributed by atoms with Crippen molar-refractivity contribution in [1.29, 1.82) is 0 Å². The lowest BCUT2D eigenvalue weighted by atomic mass is 10.1. The maximum absolute atomic E-state index is 13.0. The zero-order chi connectivity index (χ0) is 22.1. The average Bonchev–Trinajstić information content (AvgIpc) is 2.79. The quantitative estimate of drug-likeness (QED) is 0.444. The first-order valence-electron chi connectivity index (χ1n) is 10.6. The maximum atomic E-state index is 13.0. The van der Waals surface area contributed by atoms with Gasteiger partial charge in [-0.1, -0.05) is 36.4 Å². The van der Waals surface area contributed by atoms with E-state index >= 15 is 0 Å². The van der Waals surface area contributed by atoms with Gasteiger partial charge < -0.3 is 9.47 Å². The highest BCUT2D eigenvalue weighted by atomic mass is 32.2. The van der Waals surface area contributed by atoms with E-state index in [4.69, 9.17) is 9.47 Å². The molecule has 1 fully saturated rings. The van der Waals surface area contributed by atoms with Crippen LogP contribution in [0.4, 0.5) is 5.69 Å². The number of ether oxygens (including phenoxy) is 2. The maximum Gasteiger partial charge on any atom is 0.324 e. The summed E-state index contributed by atoms with van der Waals surface area (Å²) in [6.45, 7) is 0.576. The van der Waals surface area contributed by atoms with Crippen molar-refractivity contribution in [1.82, 2.24) is 4.31 Å². The smallest absolute Gasteiger partial charge is 0.324 e. The van der Waals surface area contributed by atoms with E-state index in [0.717, 1.165) is 25.7 Å². The van der Waals surface area contributed by atoms with Crippen LogP contribution in [0.2, 0.25) is 0 Å². The van der Waals surface area contributed by atoms with Gasteiger partial charge in [0.05, 0.1) is 19.4 Å². The second-order valence-corrected chi connectivity index (χ2v) is 9.19. The Balaban J connectivity index is 1.54. The third-order valence-corrected chi connectivity index (χ3v) is 6.85. The number of rotatable bonds is 10. The average molecular weight is 447 g/mol. The molecule has 1 N–H and O–H groups in total. The molecule has 1 saturated heterocycles. The van der Waals surface area contributed by atoms with Crippen molar-refractivity contribution in [2.45, 2.75) is 44.6 Å². The first kappa shape index (κ1) is 23.1. The summed E-state index contributed by atoms with van der Waals surface area (Å²) in [6, 6.07) is 16.0. The number of carbonyl (C=O) groups excluding carboxylic acids is 1. The largest absolute Gasteiger partial charge is 0.497 e. The monoisotopic (exact) mass is 446 g/mol. The number of nitrogens with zero attached hydrogens (tertiary/aromatic N) is 1. The van der Waals surface area contributed by atoms with Crippen LogP contribution < -0.4 is 9.46 Å². The fourth-order valence-electron chi connectivity index (χ4n) is 3.67. The molecular formula is C23H30N2O5S. The summed E-state index contributed by atoms with van der Waals surface area (Å²) in [6.07, 6.45) is 4.52. The predicted molar refractivity (Wildman–Crippen MR) is 120 cm³/mol. The van der Waals surface area contributed by atoms with Gasteiger partial charge in [0.1, 0.15) is 11.8 Å². The molecule has 168 valence electrons. The first-order chi connectivity index (χ1) is 15.0. The molecule has 0 amide bonds. The van der Waals surface area contributed by atoms with Gasteiger partial charge in [-0.15, -0.1) is 0 Å². The summed E-state index contributed by atoms with van der Waals surface area (Å²) in [5.74, 6) is 0.0701. The third kappa shape index (κ3) is 6.70. The van der Waals surface area contributed by atoms with Crippen LogP contribution in [-0.4, -0.2) is 45.0 Å². The molecule has 31 heavy (non-hydrogen) atoms. The number of methoxy groups -OCH3 is 1. The molecule has 0 aliphatic carbocycles. The van der Waals surface area contributed by atoms with Gasteiger partial charge in [0.2, 0.25) is 0 Å². The van der Waals surface area contributed by atoms with Crippen molar-refractivity contribution in [3.8, 4) is 5.75 Å². The standard InChI is InChI=1S/C23H30N2O5S/c1-29-21-14-9-13-20(18-21)24-31(27,28)25-16-7-5-15-22(25)23(26)30-17-8-6-12-19-10-3-2-4-11-19/h2-4,9-11,13-14,18,22,24H,5-8,12,15-17H2,1H3/t22-/m0/s1. The van der Waals surface area contributed by atoms with Crippen molar-refractivity contribution in [2.75, 3.05) is 25.0 Å². The molecular weight excluding hydrogens is 416 g/mol. The number of aryl methyl sites for hydroxylation is 1. The second-order valence-electron chi connectivity index (χ2n) is 7.57. The van der Waals surface area contributed by atoms with Crippen LogP contribution in [0, 0.1) is 0 Å². The van der Waals surface area contributed by atoms with E-state index in [-0.39, 0.29) is 6.54 Å². The first-order valence-corrected chi connectivity index (χ1v) is 12.1. The SMILES string of the molecule is COc1cccc(NS(=O)(=O)N2CCCC[C@H]2C(=O)OCCCCc2ccccc2)c1. The molecule has 3 rings (SSSR count). The van der Waals surface area contributed by atoms with E-state index in [9.17, 15) is 13.2 Å². The molecule has 1 atom stereocenters. The number of anilines is 1. The Morgan fingerprint density at radius 3 is 2.68 bits per heavy atom. The highest BCUT2D eigenvalue weighted by Gasteiger charge is 2.37. The summed E-state index contributed by atoms with van der Waals surface area (Å²) in [5, 5.41) is 0. The van der Waals surface area contributed by atoms with Crippen LogP contribution in [-0.2, 0) is 26.2 Å². The van der Waals surface area contributed by atoms with E-state index in [1.807, 2.05) is 18.2 Å². The Labute approximate surface area is 184 Å². The van der Waals surface area contributed by atoms with Crippen LogP contribution in [0.1, 0.15) is 37.7 Å². The number of carbonyl (C=O) groups is 1. The Morgan fingerprint density at radius 2 is 1.90 bits per heavy atom. The molecule has 1 heterocycles. The fraction of sp³-hybridized carbons (Fsp3) is 0.435. The molecule has 7 nitrogen and oxygen atoms in total. The normalized spacial score (nSPS) is 17.1. The molecule has 0 unspecified atom stereocenters. The van der Waals surface area contributed by atoms with Gasteiger partial charge in [-0.25, -0.2) is 0 Å². The van der Waals surface area contributed by atoms with E-state index in [1.165, 1.54) is 17.0 Å². The lowest BCUT2D eigenvalue weighted by Gasteiger charge is -2.33.